The molecule has 0 spiro atoms. The van der Waals surface area contributed by atoms with Crippen LogP contribution in [0.1, 0.15) is 21.7 Å². The quantitative estimate of drug-likeness (QED) is 0.516. The van der Waals surface area contributed by atoms with Crippen LogP contribution < -0.4 is 14.6 Å². The van der Waals surface area contributed by atoms with Crippen molar-refractivity contribution in [2.24, 2.45) is 0 Å². The molecule has 0 aliphatic rings. The summed E-state index contributed by atoms with van der Waals surface area (Å²) in [4.78, 5) is 26.7. The van der Waals surface area contributed by atoms with Crippen molar-refractivity contribution < 1.29 is 24.5 Å². The smallest absolute Gasteiger partial charge is 0.161 e. The molecule has 0 saturated carbocycles. The molecule has 0 aliphatic carbocycles. The minimum Gasteiger partial charge on any atom is -0.545 e. The van der Waals surface area contributed by atoms with Gasteiger partial charge in [-0.3, -0.25) is 0 Å². The van der Waals surface area contributed by atoms with E-state index in [1.165, 1.54) is 6.07 Å². The lowest BCUT2D eigenvalue weighted by atomic mass is 10.2. The first-order chi connectivity index (χ1) is 13.3. The Labute approximate surface area is 158 Å². The number of carboxylic acids is 1. The van der Waals surface area contributed by atoms with Gasteiger partial charge in [0.2, 0.25) is 0 Å². The summed E-state index contributed by atoms with van der Waals surface area (Å²) in [6, 6.07) is 10.4. The third kappa shape index (κ3) is 4.97. The summed E-state index contributed by atoms with van der Waals surface area (Å²) in [7, 11) is 3.16. The second kappa shape index (κ2) is 9.03. The van der Waals surface area contributed by atoms with Gasteiger partial charge in [-0.2, -0.15) is 0 Å². The Balaban J connectivity index is 0.000000640. The molecule has 1 N–H and O–H groups in total. The van der Waals surface area contributed by atoms with Crippen LogP contribution in [-0.4, -0.2) is 35.2 Å². The van der Waals surface area contributed by atoms with Crippen molar-refractivity contribution in [3.05, 3.63) is 68.7 Å². The number of carbonyl (C=O) groups is 1. The first-order valence-electron chi connectivity index (χ1n) is 7.77. The summed E-state index contributed by atoms with van der Waals surface area (Å²) >= 11 is 0. The topological polar surface area (TPSA) is 153 Å². The number of hydrogen-bond acceptors (Lipinski definition) is 8. The monoisotopic (exact) mass is 385 g/mol. The summed E-state index contributed by atoms with van der Waals surface area (Å²) in [5, 5.41) is 25.9. The van der Waals surface area contributed by atoms with E-state index in [-0.39, 0.29) is 5.56 Å². The van der Waals surface area contributed by atoms with E-state index >= 15 is 0 Å². The number of para-hydroxylation sites is 1. The second-order valence-electron chi connectivity index (χ2n) is 5.28. The molecular formula is C18H15N3O7-2. The van der Waals surface area contributed by atoms with Gasteiger partial charge in [0.1, 0.15) is 5.82 Å². The van der Waals surface area contributed by atoms with Gasteiger partial charge in [0.25, 0.3) is 0 Å². The van der Waals surface area contributed by atoms with Crippen molar-refractivity contribution in [2.75, 3.05) is 14.2 Å². The minimum absolute atomic E-state index is 0.0644. The van der Waals surface area contributed by atoms with E-state index in [4.69, 9.17) is 24.8 Å². The van der Waals surface area contributed by atoms with Gasteiger partial charge < -0.3 is 39.7 Å². The van der Waals surface area contributed by atoms with E-state index in [1.54, 1.807) is 32.4 Å². The molecule has 0 saturated heterocycles. The number of aromatic amines is 1. The Morgan fingerprint density at radius 1 is 1.11 bits per heavy atom. The summed E-state index contributed by atoms with van der Waals surface area (Å²) in [6.45, 7) is 0. The number of methoxy groups -OCH3 is 2. The summed E-state index contributed by atoms with van der Waals surface area (Å²) in [6.07, 6.45) is 3.61. The predicted molar refractivity (Wildman–Crippen MR) is 99.3 cm³/mol. The van der Waals surface area contributed by atoms with Crippen LogP contribution in [0.25, 0.3) is 23.2 Å². The van der Waals surface area contributed by atoms with Crippen LogP contribution in [0.2, 0.25) is 0 Å². The molecule has 146 valence electrons. The van der Waals surface area contributed by atoms with Gasteiger partial charge in [0, 0.05) is 5.56 Å². The van der Waals surface area contributed by atoms with Gasteiger partial charge >= 0.3 is 0 Å². The summed E-state index contributed by atoms with van der Waals surface area (Å²) < 4.78 is 10.5. The van der Waals surface area contributed by atoms with Gasteiger partial charge in [0.05, 0.1) is 36.3 Å². The van der Waals surface area contributed by atoms with Crippen LogP contribution in [0.5, 0.6) is 11.5 Å². The number of hydrogen-bond donors (Lipinski definition) is 1. The molecule has 2 aromatic carbocycles. The standard InChI is InChI=1S/C18H16N2O4.NO3/c1-23-14-8-6-11(10-15(14)24-2)7-9-16-19-13-5-3-4-12(18(21)22)17(13)20-16;2-1(3)4/h3-10H,1-2H3,(H,19,20)(H,21,22);/q;-1/p-1/b9-7+;. The first kappa shape index (κ1) is 20.2. The number of carboxylic acid groups (broad SMARTS) is 1. The number of imidazole rings is 1. The normalized spacial score (nSPS) is 10.4. The molecule has 0 unspecified atom stereocenters. The maximum atomic E-state index is 11.1. The van der Waals surface area contributed by atoms with Crippen molar-refractivity contribution in [1.82, 2.24) is 9.97 Å². The van der Waals surface area contributed by atoms with Crippen LogP contribution >= 0.6 is 0 Å². The fourth-order valence-electron chi connectivity index (χ4n) is 2.43. The Bertz CT molecular complexity index is 1020. The molecule has 3 aromatic rings. The third-order valence-electron chi connectivity index (χ3n) is 3.59. The zero-order chi connectivity index (χ0) is 20.7. The first-order valence-corrected chi connectivity index (χ1v) is 7.77. The van der Waals surface area contributed by atoms with Crippen molar-refractivity contribution in [3.63, 3.8) is 0 Å². The number of H-pyrrole nitrogens is 1. The zero-order valence-electron chi connectivity index (χ0n) is 14.9. The van der Waals surface area contributed by atoms with Crippen LogP contribution in [0, 0.1) is 15.3 Å². The average molecular weight is 385 g/mol. The number of aromatic nitrogens is 2. The molecule has 1 heterocycles. The van der Waals surface area contributed by atoms with Gasteiger partial charge in [-0.05, 0) is 29.8 Å². The summed E-state index contributed by atoms with van der Waals surface area (Å²) in [5.74, 6) is 0.580. The molecule has 28 heavy (non-hydrogen) atoms. The number of carbonyl (C=O) groups excluding carboxylic acids is 1. The fraction of sp³-hybridized carbons (Fsp3) is 0.111. The van der Waals surface area contributed by atoms with Crippen LogP contribution in [0.15, 0.2) is 36.4 Å². The summed E-state index contributed by atoms with van der Waals surface area (Å²) in [5.41, 5.74) is 1.98. The Morgan fingerprint density at radius 3 is 2.39 bits per heavy atom. The number of rotatable bonds is 5. The molecule has 0 bridgehead atoms. The van der Waals surface area contributed by atoms with Gasteiger partial charge in [-0.1, -0.05) is 24.3 Å². The number of nitrogens with one attached hydrogen (secondary N) is 1. The maximum absolute atomic E-state index is 11.1. The molecular weight excluding hydrogens is 370 g/mol. The van der Waals surface area contributed by atoms with Crippen molar-refractivity contribution in [3.8, 4) is 11.5 Å². The predicted octanol–water partition coefficient (Wildman–Crippen LogP) is 1.87. The zero-order valence-corrected chi connectivity index (χ0v) is 14.9. The van der Waals surface area contributed by atoms with Crippen LogP contribution in [-0.2, 0) is 0 Å². The van der Waals surface area contributed by atoms with E-state index in [2.05, 4.69) is 9.97 Å². The van der Waals surface area contributed by atoms with Crippen LogP contribution in [0.4, 0.5) is 0 Å². The van der Waals surface area contributed by atoms with Gasteiger partial charge in [0.15, 0.2) is 11.5 Å². The number of fused-ring (bicyclic) bond motifs is 1. The Hall–Kier alpha value is -4.08. The van der Waals surface area contributed by atoms with E-state index < -0.39 is 11.1 Å². The Morgan fingerprint density at radius 2 is 1.79 bits per heavy atom. The van der Waals surface area contributed by atoms with E-state index in [0.717, 1.165) is 5.56 Å². The van der Waals surface area contributed by atoms with E-state index in [0.29, 0.717) is 28.4 Å². The molecule has 0 atom stereocenters. The second-order valence-corrected chi connectivity index (χ2v) is 5.28. The van der Waals surface area contributed by atoms with Crippen LogP contribution in [0.3, 0.4) is 0 Å². The molecule has 10 nitrogen and oxygen atoms in total. The molecule has 10 heteroatoms. The largest absolute Gasteiger partial charge is 0.545 e. The third-order valence-corrected chi connectivity index (χ3v) is 3.59. The Kier molecular flexibility index (Phi) is 6.53. The minimum atomic E-state index is -1.75. The highest BCUT2D eigenvalue weighted by atomic mass is 16.9. The van der Waals surface area contributed by atoms with Crippen molar-refractivity contribution in [2.45, 2.75) is 0 Å². The highest BCUT2D eigenvalue weighted by molar-refractivity contribution is 6.00. The fourth-order valence-corrected chi connectivity index (χ4v) is 2.43. The molecule has 0 amide bonds. The van der Waals surface area contributed by atoms with Gasteiger partial charge in [-0.15, -0.1) is 0 Å². The lowest BCUT2D eigenvalue weighted by Gasteiger charge is -2.07. The van der Waals surface area contributed by atoms with Gasteiger partial charge in [-0.25, -0.2) is 4.98 Å². The molecule has 0 aliphatic heterocycles. The number of aromatic carboxylic acids is 1. The SMILES string of the molecule is COc1ccc(/C=C/c2nc3c(C(=O)[O-])cccc3[nH]2)cc1OC.O=[N+]([O-])[O-]. The molecule has 0 fully saturated rings. The number of ether oxygens (including phenoxy) is 2. The molecule has 0 radical (unpaired) electrons. The molecule has 3 rings (SSSR count). The lowest BCUT2D eigenvalue weighted by molar-refractivity contribution is -0.402. The molecule has 1 aromatic heterocycles. The highest BCUT2D eigenvalue weighted by Gasteiger charge is 2.07. The number of nitrogens with zero attached hydrogens (tertiary/aromatic N) is 2. The van der Waals surface area contributed by atoms with E-state index in [9.17, 15) is 9.90 Å². The lowest BCUT2D eigenvalue weighted by Crippen LogP contribution is -2.22. The highest BCUT2D eigenvalue weighted by Crippen LogP contribution is 2.28. The van der Waals surface area contributed by atoms with E-state index in [1.807, 2.05) is 24.3 Å². The average Bonchev–Trinajstić information content (AvgIpc) is 3.08. The van der Waals surface area contributed by atoms with Crippen molar-refractivity contribution >= 4 is 29.2 Å². The van der Waals surface area contributed by atoms with Crippen molar-refractivity contribution in [1.29, 1.82) is 0 Å². The maximum Gasteiger partial charge on any atom is 0.161 e. The number of benzene rings is 2.